The number of carbonyl (C=O) groups excluding carboxylic acids is 1. The van der Waals surface area contributed by atoms with E-state index in [1.807, 2.05) is 0 Å². The van der Waals surface area contributed by atoms with Crippen molar-refractivity contribution in [1.29, 1.82) is 0 Å². The van der Waals surface area contributed by atoms with Gasteiger partial charge in [-0.2, -0.15) is 0 Å². The zero-order chi connectivity index (χ0) is 10.7. The van der Waals surface area contributed by atoms with Gasteiger partial charge in [-0.25, -0.2) is 0 Å². The largest absolute Gasteiger partial charge is 0.504 e. The van der Waals surface area contributed by atoms with Gasteiger partial charge in [-0.15, -0.1) is 0 Å². The molecule has 0 aliphatic rings. The molecular formula is C9H11NO4. The second-order valence-corrected chi connectivity index (χ2v) is 2.91. The number of carbonyl (C=O) groups is 1. The van der Waals surface area contributed by atoms with Crippen molar-refractivity contribution in [2.24, 2.45) is 5.73 Å². The highest BCUT2D eigenvalue weighted by atomic mass is 16.3. The number of aryl methyl sites for hydroxylation is 1. The van der Waals surface area contributed by atoms with Gasteiger partial charge >= 0.3 is 0 Å². The van der Waals surface area contributed by atoms with Crippen LogP contribution < -0.4 is 5.73 Å². The lowest BCUT2D eigenvalue weighted by molar-refractivity contribution is -0.117. The molecule has 0 aliphatic carbocycles. The number of hydrogen-bond acceptors (Lipinski definition) is 4. The molecule has 0 aliphatic heterocycles. The standard InChI is InChI=1S/C9H11NO4/c10-7(12)4-2-5-1-3-6(11)9(14)8(5)13/h1,3,11,13-14H,2,4H2,(H2,10,12). The molecule has 0 bridgehead atoms. The van der Waals surface area contributed by atoms with Crippen LogP contribution in [0, 0.1) is 0 Å². The minimum absolute atomic E-state index is 0.0811. The van der Waals surface area contributed by atoms with Crippen LogP contribution in [0.15, 0.2) is 12.1 Å². The van der Waals surface area contributed by atoms with Gasteiger partial charge in [0.1, 0.15) is 0 Å². The Balaban J connectivity index is 2.88. The van der Waals surface area contributed by atoms with Crippen LogP contribution in [0.1, 0.15) is 12.0 Å². The minimum atomic E-state index is -0.577. The van der Waals surface area contributed by atoms with Gasteiger partial charge in [-0.3, -0.25) is 4.79 Å². The zero-order valence-corrected chi connectivity index (χ0v) is 7.40. The molecular weight excluding hydrogens is 186 g/mol. The third-order valence-corrected chi connectivity index (χ3v) is 1.85. The van der Waals surface area contributed by atoms with E-state index in [0.717, 1.165) is 0 Å². The first-order valence-corrected chi connectivity index (χ1v) is 4.03. The molecule has 0 fully saturated rings. The Morgan fingerprint density at radius 1 is 1.21 bits per heavy atom. The Kier molecular flexibility index (Phi) is 2.81. The number of nitrogens with two attached hydrogens (primary N) is 1. The average Bonchev–Trinajstić information content (AvgIpc) is 2.13. The summed E-state index contributed by atoms with van der Waals surface area (Å²) >= 11 is 0. The van der Waals surface area contributed by atoms with Gasteiger partial charge in [0, 0.05) is 6.42 Å². The average molecular weight is 197 g/mol. The maximum atomic E-state index is 10.5. The lowest BCUT2D eigenvalue weighted by Crippen LogP contribution is -2.11. The lowest BCUT2D eigenvalue weighted by Gasteiger charge is -2.06. The second kappa shape index (κ2) is 3.87. The molecule has 0 unspecified atom stereocenters. The smallest absolute Gasteiger partial charge is 0.217 e. The van der Waals surface area contributed by atoms with E-state index in [9.17, 15) is 9.90 Å². The number of rotatable bonds is 3. The first kappa shape index (κ1) is 10.2. The summed E-state index contributed by atoms with van der Waals surface area (Å²) in [4.78, 5) is 10.5. The van der Waals surface area contributed by atoms with E-state index in [1.165, 1.54) is 12.1 Å². The van der Waals surface area contributed by atoms with Gasteiger partial charge in [-0.05, 0) is 18.1 Å². The van der Waals surface area contributed by atoms with Crippen LogP contribution in [-0.4, -0.2) is 21.2 Å². The molecule has 5 N–H and O–H groups in total. The Morgan fingerprint density at radius 2 is 1.86 bits per heavy atom. The van der Waals surface area contributed by atoms with Crippen molar-refractivity contribution in [2.75, 3.05) is 0 Å². The van der Waals surface area contributed by atoms with Crippen molar-refractivity contribution in [3.05, 3.63) is 17.7 Å². The molecule has 0 heterocycles. The van der Waals surface area contributed by atoms with Gasteiger partial charge in [0.15, 0.2) is 11.5 Å². The zero-order valence-electron chi connectivity index (χ0n) is 7.40. The van der Waals surface area contributed by atoms with Crippen molar-refractivity contribution >= 4 is 5.91 Å². The number of phenols is 3. The van der Waals surface area contributed by atoms with Crippen LogP contribution in [0.2, 0.25) is 0 Å². The molecule has 0 saturated heterocycles. The molecule has 0 saturated carbocycles. The van der Waals surface area contributed by atoms with Crippen LogP contribution in [0.25, 0.3) is 0 Å². The summed E-state index contributed by atoms with van der Waals surface area (Å²) in [7, 11) is 0. The fourth-order valence-electron chi connectivity index (χ4n) is 1.07. The molecule has 76 valence electrons. The Bertz CT molecular complexity index is 362. The van der Waals surface area contributed by atoms with Gasteiger partial charge in [0.05, 0.1) is 0 Å². The molecule has 0 spiro atoms. The highest BCUT2D eigenvalue weighted by molar-refractivity contribution is 5.74. The fraction of sp³-hybridized carbons (Fsp3) is 0.222. The van der Waals surface area contributed by atoms with E-state index in [4.69, 9.17) is 15.9 Å². The quantitative estimate of drug-likeness (QED) is 0.520. The number of benzene rings is 1. The van der Waals surface area contributed by atoms with Crippen molar-refractivity contribution in [2.45, 2.75) is 12.8 Å². The monoisotopic (exact) mass is 197 g/mol. The second-order valence-electron chi connectivity index (χ2n) is 2.91. The molecule has 14 heavy (non-hydrogen) atoms. The Hall–Kier alpha value is -1.91. The van der Waals surface area contributed by atoms with Gasteiger partial charge in [0.25, 0.3) is 0 Å². The van der Waals surface area contributed by atoms with Gasteiger partial charge in [-0.1, -0.05) is 6.07 Å². The predicted molar refractivity (Wildman–Crippen MR) is 49.0 cm³/mol. The molecule has 1 rings (SSSR count). The number of aromatic hydroxyl groups is 3. The fourth-order valence-corrected chi connectivity index (χ4v) is 1.07. The van der Waals surface area contributed by atoms with Crippen LogP contribution >= 0.6 is 0 Å². The van der Waals surface area contributed by atoms with Crippen LogP contribution in [0.3, 0.4) is 0 Å². The molecule has 0 radical (unpaired) electrons. The number of primary amides is 1. The molecule has 1 aromatic rings. The van der Waals surface area contributed by atoms with Gasteiger partial charge < -0.3 is 21.1 Å². The molecule has 1 aromatic carbocycles. The Morgan fingerprint density at radius 3 is 2.43 bits per heavy atom. The summed E-state index contributed by atoms with van der Waals surface area (Å²) in [6.07, 6.45) is 0.312. The molecule has 0 aromatic heterocycles. The number of hydrogen-bond donors (Lipinski definition) is 4. The molecule has 5 heteroatoms. The van der Waals surface area contributed by atoms with Crippen molar-refractivity contribution in [1.82, 2.24) is 0 Å². The van der Waals surface area contributed by atoms with E-state index >= 15 is 0 Å². The summed E-state index contributed by atoms with van der Waals surface area (Å²) in [6.45, 7) is 0. The summed E-state index contributed by atoms with van der Waals surface area (Å²) in [5.74, 6) is -1.87. The topological polar surface area (TPSA) is 104 Å². The Labute approximate surface area is 80.4 Å². The van der Waals surface area contributed by atoms with Gasteiger partial charge in [0.2, 0.25) is 11.7 Å². The summed E-state index contributed by atoms with van der Waals surface area (Å²) in [5, 5.41) is 27.5. The SMILES string of the molecule is NC(=O)CCc1ccc(O)c(O)c1O. The van der Waals surface area contributed by atoms with Crippen LogP contribution in [-0.2, 0) is 11.2 Å². The minimum Gasteiger partial charge on any atom is -0.504 e. The van der Waals surface area contributed by atoms with E-state index in [2.05, 4.69) is 0 Å². The maximum absolute atomic E-state index is 10.5. The van der Waals surface area contributed by atoms with Crippen LogP contribution in [0.4, 0.5) is 0 Å². The normalized spacial score (nSPS) is 10.0. The lowest BCUT2D eigenvalue weighted by atomic mass is 10.1. The van der Waals surface area contributed by atoms with Crippen molar-refractivity contribution in [3.8, 4) is 17.2 Å². The number of amides is 1. The highest BCUT2D eigenvalue weighted by Gasteiger charge is 2.11. The molecule has 0 atom stereocenters. The molecule has 1 amide bonds. The predicted octanol–water partition coefficient (Wildman–Crippen LogP) is 0.221. The first-order chi connectivity index (χ1) is 6.52. The van der Waals surface area contributed by atoms with Crippen molar-refractivity contribution in [3.63, 3.8) is 0 Å². The summed E-state index contributed by atoms with van der Waals surface area (Å²) < 4.78 is 0. The first-order valence-electron chi connectivity index (χ1n) is 4.03. The van der Waals surface area contributed by atoms with E-state index < -0.39 is 23.2 Å². The van der Waals surface area contributed by atoms with E-state index in [1.54, 1.807) is 0 Å². The van der Waals surface area contributed by atoms with Crippen LogP contribution in [0.5, 0.6) is 17.2 Å². The maximum Gasteiger partial charge on any atom is 0.217 e. The third kappa shape index (κ3) is 2.07. The molecule has 5 nitrogen and oxygen atoms in total. The highest BCUT2D eigenvalue weighted by Crippen LogP contribution is 2.37. The van der Waals surface area contributed by atoms with E-state index in [0.29, 0.717) is 5.56 Å². The third-order valence-electron chi connectivity index (χ3n) is 1.85. The van der Waals surface area contributed by atoms with E-state index in [-0.39, 0.29) is 12.8 Å². The number of phenolic OH excluding ortho intramolecular Hbond substituents is 3. The van der Waals surface area contributed by atoms with Crippen molar-refractivity contribution < 1.29 is 20.1 Å². The summed E-state index contributed by atoms with van der Waals surface area (Å²) in [6, 6.07) is 2.67. The summed E-state index contributed by atoms with van der Waals surface area (Å²) in [5.41, 5.74) is 5.30.